The quantitative estimate of drug-likeness (QED) is 0.377. The second-order valence-electron chi connectivity index (χ2n) is 9.33. The van der Waals surface area contributed by atoms with Crippen molar-refractivity contribution in [3.05, 3.63) is 111 Å². The Bertz CT molecular complexity index is 1660. The minimum Gasteiger partial charge on any atom is -0.333 e. The molecule has 5 rings (SSSR count). The first-order valence-electron chi connectivity index (χ1n) is 12.3. The van der Waals surface area contributed by atoms with E-state index in [9.17, 15) is 22.8 Å². The molecule has 1 aliphatic heterocycles. The molecule has 0 saturated carbocycles. The molecule has 0 saturated heterocycles. The van der Waals surface area contributed by atoms with E-state index in [1.54, 1.807) is 18.2 Å². The van der Waals surface area contributed by atoms with Crippen LogP contribution in [0, 0.1) is 11.3 Å². The molecule has 2 aromatic heterocycles. The van der Waals surface area contributed by atoms with Crippen LogP contribution in [-0.2, 0) is 25.7 Å². The summed E-state index contributed by atoms with van der Waals surface area (Å²) in [7, 11) is 0. The summed E-state index contributed by atoms with van der Waals surface area (Å²) >= 11 is 0. The standard InChI is InChI=1S/C29H24F3N5O2/c30-29(31,32)22-7-8-25-23(15-22)24-18-36(12-1-2-19-3-5-20(16-33)6-4-19)13-10-26(24)37(25)28(39)35-17-21-9-11-34-27(38)14-21/h1-9,11,14-15H,10,12-13,17-18H2,(H,34,38)(H,35,39). The lowest BCUT2D eigenvalue weighted by atomic mass is 10.0. The number of nitrogens with one attached hydrogen (secondary N) is 2. The number of rotatable bonds is 5. The van der Waals surface area contributed by atoms with E-state index in [1.807, 2.05) is 24.3 Å². The largest absolute Gasteiger partial charge is 0.416 e. The topological polar surface area (TPSA) is 93.9 Å². The molecular formula is C29H24F3N5O2. The minimum atomic E-state index is -4.51. The second-order valence-corrected chi connectivity index (χ2v) is 9.33. The van der Waals surface area contributed by atoms with Crippen molar-refractivity contribution < 1.29 is 18.0 Å². The van der Waals surface area contributed by atoms with Crippen LogP contribution in [0.5, 0.6) is 0 Å². The van der Waals surface area contributed by atoms with E-state index in [4.69, 9.17) is 5.26 Å². The van der Waals surface area contributed by atoms with Crippen LogP contribution in [0.4, 0.5) is 18.0 Å². The van der Waals surface area contributed by atoms with Gasteiger partial charge in [-0.25, -0.2) is 4.79 Å². The number of carbonyl (C=O) groups is 1. The number of hydrogen-bond acceptors (Lipinski definition) is 4. The highest BCUT2D eigenvalue weighted by molar-refractivity contribution is 5.96. The molecule has 1 aliphatic rings. The van der Waals surface area contributed by atoms with Gasteiger partial charge >= 0.3 is 12.2 Å². The van der Waals surface area contributed by atoms with Gasteiger partial charge in [0.15, 0.2) is 0 Å². The molecule has 0 spiro atoms. The molecule has 0 aliphatic carbocycles. The number of aromatic nitrogens is 2. The zero-order valence-electron chi connectivity index (χ0n) is 20.8. The number of H-pyrrole nitrogens is 1. The number of carbonyl (C=O) groups excluding carboxylic acids is 1. The first-order chi connectivity index (χ1) is 18.7. The molecule has 0 atom stereocenters. The van der Waals surface area contributed by atoms with Crippen molar-refractivity contribution in [3.63, 3.8) is 0 Å². The first kappa shape index (κ1) is 26.0. The predicted octanol–water partition coefficient (Wildman–Crippen LogP) is 5.05. The highest BCUT2D eigenvalue weighted by atomic mass is 19.4. The van der Waals surface area contributed by atoms with Crippen molar-refractivity contribution in [2.45, 2.75) is 25.7 Å². The van der Waals surface area contributed by atoms with Gasteiger partial charge in [-0.1, -0.05) is 24.3 Å². The lowest BCUT2D eigenvalue weighted by Crippen LogP contribution is -2.34. The van der Waals surface area contributed by atoms with Gasteiger partial charge in [0, 0.05) is 55.9 Å². The molecule has 0 unspecified atom stereocenters. The third-order valence-corrected chi connectivity index (χ3v) is 6.75. The van der Waals surface area contributed by atoms with Gasteiger partial charge in [0.25, 0.3) is 0 Å². The maximum atomic E-state index is 13.6. The van der Waals surface area contributed by atoms with E-state index in [0.717, 1.165) is 17.7 Å². The Morgan fingerprint density at radius 3 is 2.64 bits per heavy atom. The number of alkyl halides is 3. The molecule has 198 valence electrons. The molecule has 4 aromatic rings. The highest BCUT2D eigenvalue weighted by Gasteiger charge is 2.33. The minimum absolute atomic E-state index is 0.101. The molecule has 0 fully saturated rings. The van der Waals surface area contributed by atoms with Crippen molar-refractivity contribution in [1.29, 1.82) is 5.26 Å². The number of fused-ring (bicyclic) bond motifs is 3. The Hall–Kier alpha value is -4.62. The molecule has 1 amide bonds. The molecule has 0 bridgehead atoms. The summed E-state index contributed by atoms with van der Waals surface area (Å²) in [5.41, 5.74) is 2.85. The fraction of sp³-hybridized carbons (Fsp3) is 0.207. The van der Waals surface area contributed by atoms with Gasteiger partial charge in [-0.15, -0.1) is 0 Å². The number of aromatic amines is 1. The number of nitrogens with zero attached hydrogens (tertiary/aromatic N) is 3. The Labute approximate surface area is 221 Å². The van der Waals surface area contributed by atoms with E-state index in [-0.39, 0.29) is 12.1 Å². The molecule has 10 heteroatoms. The zero-order valence-corrected chi connectivity index (χ0v) is 20.8. The predicted molar refractivity (Wildman–Crippen MR) is 141 cm³/mol. The summed E-state index contributed by atoms with van der Waals surface area (Å²) in [4.78, 5) is 29.5. The van der Waals surface area contributed by atoms with Crippen LogP contribution in [0.1, 0.15) is 33.5 Å². The Kier molecular flexibility index (Phi) is 7.09. The molecule has 2 aromatic carbocycles. The molecule has 2 N–H and O–H groups in total. The zero-order chi connectivity index (χ0) is 27.6. The maximum Gasteiger partial charge on any atom is 0.416 e. The number of nitriles is 1. The third-order valence-electron chi connectivity index (χ3n) is 6.75. The number of amides is 1. The van der Waals surface area contributed by atoms with Crippen LogP contribution >= 0.6 is 0 Å². The summed E-state index contributed by atoms with van der Waals surface area (Å²) in [5, 5.41) is 12.1. The average Bonchev–Trinajstić information content (AvgIpc) is 3.25. The van der Waals surface area contributed by atoms with Crippen molar-refractivity contribution in [1.82, 2.24) is 19.8 Å². The Morgan fingerprint density at radius 1 is 1.13 bits per heavy atom. The van der Waals surface area contributed by atoms with Crippen LogP contribution in [0.3, 0.4) is 0 Å². The van der Waals surface area contributed by atoms with Crippen LogP contribution in [0.15, 0.2) is 71.7 Å². The van der Waals surface area contributed by atoms with Crippen LogP contribution in [0.2, 0.25) is 0 Å². The van der Waals surface area contributed by atoms with Gasteiger partial charge in [-0.05, 0) is 53.1 Å². The van der Waals surface area contributed by atoms with Gasteiger partial charge in [0.2, 0.25) is 5.56 Å². The van der Waals surface area contributed by atoms with E-state index in [0.29, 0.717) is 59.3 Å². The lowest BCUT2D eigenvalue weighted by molar-refractivity contribution is -0.137. The van der Waals surface area contributed by atoms with Gasteiger partial charge in [-0.2, -0.15) is 18.4 Å². The summed E-state index contributed by atoms with van der Waals surface area (Å²) in [6.45, 7) is 1.68. The third kappa shape index (κ3) is 5.63. The molecule has 39 heavy (non-hydrogen) atoms. The summed E-state index contributed by atoms with van der Waals surface area (Å²) < 4.78 is 42.1. The van der Waals surface area contributed by atoms with Gasteiger partial charge in [0.1, 0.15) is 0 Å². The number of halogens is 3. The van der Waals surface area contributed by atoms with Crippen molar-refractivity contribution >= 4 is 23.0 Å². The van der Waals surface area contributed by atoms with E-state index in [1.165, 1.54) is 22.9 Å². The van der Waals surface area contributed by atoms with Crippen molar-refractivity contribution in [3.8, 4) is 6.07 Å². The molecular weight excluding hydrogens is 507 g/mol. The van der Waals surface area contributed by atoms with Crippen molar-refractivity contribution in [2.24, 2.45) is 0 Å². The summed E-state index contributed by atoms with van der Waals surface area (Å²) in [6, 6.07) is 15.3. The van der Waals surface area contributed by atoms with Crippen molar-refractivity contribution in [2.75, 3.05) is 13.1 Å². The van der Waals surface area contributed by atoms with E-state index in [2.05, 4.69) is 21.3 Å². The van der Waals surface area contributed by atoms with Crippen LogP contribution in [-0.4, -0.2) is 33.6 Å². The van der Waals surface area contributed by atoms with Gasteiger partial charge < -0.3 is 10.3 Å². The number of benzene rings is 2. The van der Waals surface area contributed by atoms with E-state index < -0.39 is 17.8 Å². The van der Waals surface area contributed by atoms with Crippen LogP contribution in [0.25, 0.3) is 17.0 Å². The fourth-order valence-electron chi connectivity index (χ4n) is 4.84. The Balaban J connectivity index is 1.42. The molecule has 3 heterocycles. The van der Waals surface area contributed by atoms with Crippen LogP contribution < -0.4 is 10.9 Å². The fourth-order valence-corrected chi connectivity index (χ4v) is 4.84. The maximum absolute atomic E-state index is 13.6. The average molecular weight is 532 g/mol. The normalized spacial score (nSPS) is 13.9. The SMILES string of the molecule is N#Cc1ccc(C=CCN2CCc3c(c4cc(C(F)(F)F)ccc4n3C(=O)NCc3cc[nH]c(=O)c3)C2)cc1. The smallest absolute Gasteiger partial charge is 0.333 e. The number of pyridine rings is 1. The van der Waals surface area contributed by atoms with Gasteiger partial charge in [0.05, 0.1) is 22.7 Å². The summed E-state index contributed by atoms with van der Waals surface area (Å²) in [5.74, 6) is 0. The second kappa shape index (κ2) is 10.6. The Morgan fingerprint density at radius 2 is 1.92 bits per heavy atom. The highest BCUT2D eigenvalue weighted by Crippen LogP contribution is 2.36. The van der Waals surface area contributed by atoms with Gasteiger partial charge in [-0.3, -0.25) is 14.3 Å². The molecule has 0 radical (unpaired) electrons. The van der Waals surface area contributed by atoms with E-state index >= 15 is 0 Å². The molecule has 7 nitrogen and oxygen atoms in total. The number of hydrogen-bond donors (Lipinski definition) is 2. The first-order valence-corrected chi connectivity index (χ1v) is 12.3. The monoisotopic (exact) mass is 531 g/mol. The lowest BCUT2D eigenvalue weighted by Gasteiger charge is -2.27. The summed E-state index contributed by atoms with van der Waals surface area (Å²) in [6.07, 6.45) is 1.36.